The summed E-state index contributed by atoms with van der Waals surface area (Å²) < 4.78 is 0. The Bertz CT molecular complexity index is 2200. The summed E-state index contributed by atoms with van der Waals surface area (Å²) in [6.07, 6.45) is 23.2. The highest BCUT2D eigenvalue weighted by Gasteiger charge is 2.13. The molecule has 6 aromatic carbocycles. The molecule has 0 aromatic heterocycles. The highest BCUT2D eigenvalue weighted by Crippen LogP contribution is 2.32. The van der Waals surface area contributed by atoms with Crippen molar-refractivity contribution >= 4 is 47.3 Å². The van der Waals surface area contributed by atoms with Gasteiger partial charge in [-0.2, -0.15) is 0 Å². The van der Waals surface area contributed by atoms with Crippen molar-refractivity contribution in [2.75, 3.05) is 4.90 Å². The normalized spacial score (nSPS) is 11.8. The van der Waals surface area contributed by atoms with Gasteiger partial charge in [-0.15, -0.1) is 0 Å². The molecular formula is C52H45N. The number of anilines is 2. The first kappa shape index (κ1) is 36.1. The van der Waals surface area contributed by atoms with Crippen LogP contribution < -0.4 is 4.90 Å². The Morgan fingerprint density at radius 2 is 0.868 bits per heavy atom. The van der Waals surface area contributed by atoms with E-state index >= 15 is 0 Å². The molecule has 0 saturated carbocycles. The maximum absolute atomic E-state index is 3.98. The van der Waals surface area contributed by atoms with E-state index in [9.17, 15) is 0 Å². The third-order valence-corrected chi connectivity index (χ3v) is 8.86. The van der Waals surface area contributed by atoms with Gasteiger partial charge < -0.3 is 4.90 Å². The Morgan fingerprint density at radius 1 is 0.472 bits per heavy atom. The number of benzene rings is 6. The summed E-state index contributed by atoms with van der Waals surface area (Å²) in [5, 5.41) is 0. The molecule has 0 saturated heterocycles. The highest BCUT2D eigenvalue weighted by atomic mass is 15.1. The zero-order valence-electron chi connectivity index (χ0n) is 30.5. The average Bonchev–Trinajstić information content (AvgIpc) is 3.21. The SMILES string of the molecule is C=C/C=C(\C=C/C)N(c1ccc(/C=C\c2ccc(C)cc2)cc1)c1ccc(/C=C\c2ccc(/C=C/C=C(c3ccccc3)c3ccccc3)cc2)cc1. The van der Waals surface area contributed by atoms with E-state index in [-0.39, 0.29) is 0 Å². The number of nitrogens with zero attached hydrogens (tertiary/aromatic N) is 1. The van der Waals surface area contributed by atoms with Crippen LogP contribution in [0.4, 0.5) is 11.4 Å². The zero-order valence-corrected chi connectivity index (χ0v) is 30.5. The van der Waals surface area contributed by atoms with Gasteiger partial charge in [0.15, 0.2) is 0 Å². The predicted molar refractivity (Wildman–Crippen MR) is 233 cm³/mol. The van der Waals surface area contributed by atoms with E-state index in [0.29, 0.717) is 0 Å². The Morgan fingerprint density at radius 3 is 1.28 bits per heavy atom. The number of hydrogen-bond acceptors (Lipinski definition) is 1. The minimum Gasteiger partial charge on any atom is -0.311 e. The van der Waals surface area contributed by atoms with Crippen molar-refractivity contribution in [3.8, 4) is 0 Å². The first-order valence-corrected chi connectivity index (χ1v) is 18.1. The molecule has 0 heterocycles. The van der Waals surface area contributed by atoms with E-state index in [1.165, 1.54) is 27.8 Å². The lowest BCUT2D eigenvalue weighted by Crippen LogP contribution is -2.15. The first-order chi connectivity index (χ1) is 26.1. The van der Waals surface area contributed by atoms with E-state index in [0.717, 1.165) is 39.3 Å². The molecule has 258 valence electrons. The summed E-state index contributed by atoms with van der Waals surface area (Å²) in [6.45, 7) is 8.13. The van der Waals surface area contributed by atoms with Crippen LogP contribution in [-0.4, -0.2) is 0 Å². The molecule has 0 aliphatic carbocycles. The molecule has 0 aliphatic heterocycles. The smallest absolute Gasteiger partial charge is 0.0462 e. The van der Waals surface area contributed by atoms with Gasteiger partial charge in [0.1, 0.15) is 0 Å². The monoisotopic (exact) mass is 683 g/mol. The molecule has 0 N–H and O–H groups in total. The molecule has 0 aliphatic rings. The van der Waals surface area contributed by atoms with Gasteiger partial charge >= 0.3 is 0 Å². The molecule has 0 atom stereocenters. The largest absolute Gasteiger partial charge is 0.311 e. The summed E-state index contributed by atoms with van der Waals surface area (Å²) in [5.74, 6) is 0. The van der Waals surface area contributed by atoms with Crippen LogP contribution >= 0.6 is 0 Å². The van der Waals surface area contributed by atoms with Crippen molar-refractivity contribution in [3.05, 3.63) is 251 Å². The number of allylic oxidation sites excluding steroid dienone is 6. The van der Waals surface area contributed by atoms with Crippen molar-refractivity contribution in [1.82, 2.24) is 0 Å². The molecule has 0 amide bonds. The Hall–Kier alpha value is -6.70. The summed E-state index contributed by atoms with van der Waals surface area (Å²) in [6, 6.07) is 55.6. The fraction of sp³-hybridized carbons (Fsp3) is 0.0385. The van der Waals surface area contributed by atoms with E-state index in [4.69, 9.17) is 0 Å². The van der Waals surface area contributed by atoms with Gasteiger partial charge in [-0.05, 0) is 94.8 Å². The van der Waals surface area contributed by atoms with E-state index < -0.39 is 0 Å². The van der Waals surface area contributed by atoms with Gasteiger partial charge in [-0.25, -0.2) is 0 Å². The predicted octanol–water partition coefficient (Wildman–Crippen LogP) is 14.3. The second kappa shape index (κ2) is 18.5. The first-order valence-electron chi connectivity index (χ1n) is 18.1. The Balaban J connectivity index is 1.15. The summed E-state index contributed by atoms with van der Waals surface area (Å²) in [4.78, 5) is 2.26. The Labute approximate surface area is 315 Å². The van der Waals surface area contributed by atoms with Gasteiger partial charge in [0.2, 0.25) is 0 Å². The van der Waals surface area contributed by atoms with Crippen LogP contribution in [0.25, 0.3) is 36.0 Å². The lowest BCUT2D eigenvalue weighted by atomic mass is 9.97. The van der Waals surface area contributed by atoms with Crippen molar-refractivity contribution in [3.63, 3.8) is 0 Å². The molecule has 1 heteroatoms. The minimum absolute atomic E-state index is 1.04. The lowest BCUT2D eigenvalue weighted by molar-refractivity contribution is 1.20. The minimum atomic E-state index is 1.04. The second-order valence-electron chi connectivity index (χ2n) is 12.8. The maximum atomic E-state index is 3.98. The van der Waals surface area contributed by atoms with Crippen LogP contribution in [0.5, 0.6) is 0 Å². The topological polar surface area (TPSA) is 3.24 Å². The van der Waals surface area contributed by atoms with Crippen LogP contribution in [0.3, 0.4) is 0 Å². The van der Waals surface area contributed by atoms with Crippen LogP contribution in [0.1, 0.15) is 51.4 Å². The standard InChI is InChI=1S/C52H45N/c1-4-13-49(14-5-2)53(50-37-33-45(34-38-50)31-29-43-23-21-41(3)22-24-43)51-39-35-46(36-40-51)32-30-44-27-25-42(26-28-44)15-12-20-52(47-16-8-6-9-17-47)48-18-10-7-11-19-48/h4-40H,1H2,2-3H3/b14-5-,15-12+,31-29-,32-30-,49-13+. The molecule has 6 rings (SSSR count). The number of hydrogen-bond donors (Lipinski definition) is 0. The zero-order chi connectivity index (χ0) is 36.7. The molecule has 0 spiro atoms. The molecule has 6 aromatic rings. The van der Waals surface area contributed by atoms with E-state index in [2.05, 4.69) is 231 Å². The molecule has 1 nitrogen and oxygen atoms in total. The van der Waals surface area contributed by atoms with Gasteiger partial charge in [0.05, 0.1) is 0 Å². The van der Waals surface area contributed by atoms with Gasteiger partial charge in [0, 0.05) is 17.1 Å². The Kier molecular flexibility index (Phi) is 12.6. The van der Waals surface area contributed by atoms with Crippen LogP contribution in [0.2, 0.25) is 0 Å². The fourth-order valence-electron chi connectivity index (χ4n) is 6.04. The lowest BCUT2D eigenvalue weighted by Gasteiger charge is -2.26. The average molecular weight is 684 g/mol. The van der Waals surface area contributed by atoms with Crippen LogP contribution in [0.15, 0.2) is 206 Å². The molecule has 0 bridgehead atoms. The fourth-order valence-corrected chi connectivity index (χ4v) is 6.04. The van der Waals surface area contributed by atoms with Gasteiger partial charge in [-0.3, -0.25) is 0 Å². The maximum Gasteiger partial charge on any atom is 0.0462 e. The molecule has 53 heavy (non-hydrogen) atoms. The van der Waals surface area contributed by atoms with Crippen molar-refractivity contribution < 1.29 is 0 Å². The molecule has 0 fully saturated rings. The molecular weight excluding hydrogens is 639 g/mol. The van der Waals surface area contributed by atoms with Gasteiger partial charge in [0.25, 0.3) is 0 Å². The highest BCUT2D eigenvalue weighted by molar-refractivity contribution is 5.82. The van der Waals surface area contributed by atoms with Crippen LogP contribution in [0, 0.1) is 6.92 Å². The van der Waals surface area contributed by atoms with Crippen LogP contribution in [-0.2, 0) is 0 Å². The third-order valence-electron chi connectivity index (χ3n) is 8.86. The van der Waals surface area contributed by atoms with Crippen molar-refractivity contribution in [2.24, 2.45) is 0 Å². The quantitative estimate of drug-likeness (QED) is 0.0865. The summed E-state index contributed by atoms with van der Waals surface area (Å²) in [7, 11) is 0. The summed E-state index contributed by atoms with van der Waals surface area (Å²) >= 11 is 0. The molecule has 0 unspecified atom stereocenters. The number of aryl methyl sites for hydroxylation is 1. The third kappa shape index (κ3) is 10.2. The summed E-state index contributed by atoms with van der Waals surface area (Å²) in [5.41, 5.74) is 13.8. The van der Waals surface area contributed by atoms with E-state index in [1.54, 1.807) is 0 Å². The van der Waals surface area contributed by atoms with Gasteiger partial charge in [-0.1, -0.05) is 200 Å². The van der Waals surface area contributed by atoms with E-state index in [1.807, 2.05) is 19.1 Å². The second-order valence-corrected chi connectivity index (χ2v) is 12.8. The molecule has 0 radical (unpaired) electrons. The number of rotatable bonds is 13. The van der Waals surface area contributed by atoms with Crippen molar-refractivity contribution in [2.45, 2.75) is 13.8 Å². The van der Waals surface area contributed by atoms with Crippen molar-refractivity contribution in [1.29, 1.82) is 0 Å².